The molecule has 0 fully saturated rings. The number of hydrogen-bond acceptors (Lipinski definition) is 4. The van der Waals surface area contributed by atoms with Crippen molar-refractivity contribution < 1.29 is 18.6 Å². The number of nitrogens with one attached hydrogen (secondary N) is 1. The third kappa shape index (κ3) is 5.15. The van der Waals surface area contributed by atoms with Crippen LogP contribution in [0.4, 0.5) is 10.1 Å². The molecule has 5 nitrogen and oxygen atoms in total. The summed E-state index contributed by atoms with van der Waals surface area (Å²) in [6.45, 7) is 0.981. The van der Waals surface area contributed by atoms with Crippen LogP contribution in [-0.2, 0) is 6.42 Å². The second-order valence-electron chi connectivity index (χ2n) is 7.54. The molecule has 0 spiro atoms. The van der Waals surface area contributed by atoms with Crippen molar-refractivity contribution in [2.24, 2.45) is 0 Å². The van der Waals surface area contributed by atoms with Crippen LogP contribution in [0.2, 0.25) is 5.02 Å². The van der Waals surface area contributed by atoms with E-state index in [4.69, 9.17) is 38.0 Å². The van der Waals surface area contributed by atoms with E-state index in [-0.39, 0.29) is 11.9 Å². The quantitative estimate of drug-likeness (QED) is 0.439. The van der Waals surface area contributed by atoms with Gasteiger partial charge in [-0.3, -0.25) is 0 Å². The minimum absolute atomic E-state index is 0.207. The van der Waals surface area contributed by atoms with E-state index in [1.807, 2.05) is 36.4 Å². The van der Waals surface area contributed by atoms with E-state index in [9.17, 15) is 4.39 Å². The van der Waals surface area contributed by atoms with E-state index in [0.29, 0.717) is 40.5 Å². The van der Waals surface area contributed by atoms with Gasteiger partial charge in [-0.05, 0) is 78.3 Å². The number of rotatable bonds is 6. The Bertz CT molecular complexity index is 1140. The van der Waals surface area contributed by atoms with Gasteiger partial charge in [-0.25, -0.2) is 4.39 Å². The van der Waals surface area contributed by atoms with Crippen molar-refractivity contribution in [1.29, 1.82) is 0 Å². The Hall–Kier alpha value is -3.03. The summed E-state index contributed by atoms with van der Waals surface area (Å²) in [5.74, 6) is 1.58. The molecule has 1 atom stereocenters. The topological polar surface area (TPSA) is 43.0 Å². The third-order valence-electron chi connectivity index (χ3n) is 5.60. The largest absolute Gasteiger partial charge is 0.493 e. The van der Waals surface area contributed by atoms with Gasteiger partial charge in [-0.1, -0.05) is 23.7 Å². The van der Waals surface area contributed by atoms with Crippen molar-refractivity contribution in [1.82, 2.24) is 4.90 Å². The molecule has 0 unspecified atom stereocenters. The number of anilines is 1. The third-order valence-corrected chi connectivity index (χ3v) is 6.27. The molecular weight excluding hydrogens is 463 g/mol. The van der Waals surface area contributed by atoms with Crippen LogP contribution in [-0.4, -0.2) is 37.4 Å². The van der Waals surface area contributed by atoms with E-state index in [0.717, 1.165) is 23.2 Å². The molecule has 1 N–H and O–H groups in total. The summed E-state index contributed by atoms with van der Waals surface area (Å²) < 4.78 is 30.4. The molecule has 0 saturated carbocycles. The van der Waals surface area contributed by atoms with Gasteiger partial charge >= 0.3 is 0 Å². The number of hydrogen-bond donors (Lipinski definition) is 1. The molecule has 0 aliphatic carbocycles. The average Bonchev–Trinajstić information content (AvgIpc) is 2.83. The molecule has 33 heavy (non-hydrogen) atoms. The molecule has 0 bridgehead atoms. The fourth-order valence-electron chi connectivity index (χ4n) is 3.91. The maximum Gasteiger partial charge on any atom is 0.174 e. The number of halogens is 2. The molecule has 0 aromatic heterocycles. The Morgan fingerprint density at radius 3 is 2.48 bits per heavy atom. The normalized spacial score (nSPS) is 14.9. The van der Waals surface area contributed by atoms with Gasteiger partial charge in [0, 0.05) is 6.54 Å². The fraction of sp³-hybridized carbons (Fsp3) is 0.240. The molecule has 3 aromatic rings. The Labute approximate surface area is 203 Å². The van der Waals surface area contributed by atoms with Crippen molar-refractivity contribution >= 4 is 34.6 Å². The van der Waals surface area contributed by atoms with Crippen LogP contribution in [0, 0.1) is 5.82 Å². The summed E-state index contributed by atoms with van der Waals surface area (Å²) >= 11 is 12.1. The SMILES string of the molecule is COc1cc2c(cc1OC)[C@@H](COc1ccc(F)cc1)N(C(=S)Nc1ccccc1Cl)CC2. The van der Waals surface area contributed by atoms with Crippen LogP contribution in [0.3, 0.4) is 0 Å². The van der Waals surface area contributed by atoms with E-state index < -0.39 is 0 Å². The zero-order valence-corrected chi connectivity index (χ0v) is 19.9. The van der Waals surface area contributed by atoms with Crippen LogP contribution >= 0.6 is 23.8 Å². The lowest BCUT2D eigenvalue weighted by molar-refractivity contribution is 0.190. The molecule has 172 valence electrons. The van der Waals surface area contributed by atoms with Gasteiger partial charge in [0.1, 0.15) is 18.2 Å². The molecule has 3 aromatic carbocycles. The predicted molar refractivity (Wildman–Crippen MR) is 132 cm³/mol. The highest BCUT2D eigenvalue weighted by Gasteiger charge is 2.31. The zero-order valence-electron chi connectivity index (χ0n) is 18.3. The van der Waals surface area contributed by atoms with Gasteiger partial charge in [0.25, 0.3) is 0 Å². The maximum atomic E-state index is 13.3. The second-order valence-corrected chi connectivity index (χ2v) is 8.33. The van der Waals surface area contributed by atoms with Crippen LogP contribution in [0.1, 0.15) is 17.2 Å². The second kappa shape index (κ2) is 10.3. The van der Waals surface area contributed by atoms with Crippen molar-refractivity contribution in [2.75, 3.05) is 32.7 Å². The van der Waals surface area contributed by atoms with Crippen LogP contribution < -0.4 is 19.5 Å². The van der Waals surface area contributed by atoms with Gasteiger partial charge in [-0.2, -0.15) is 0 Å². The molecule has 0 saturated heterocycles. The molecule has 0 amide bonds. The van der Waals surface area contributed by atoms with Crippen molar-refractivity contribution in [3.8, 4) is 17.2 Å². The number of benzene rings is 3. The Kier molecular flexibility index (Phi) is 7.20. The lowest BCUT2D eigenvalue weighted by Crippen LogP contribution is -2.44. The van der Waals surface area contributed by atoms with Crippen LogP contribution in [0.25, 0.3) is 0 Å². The van der Waals surface area contributed by atoms with E-state index in [1.165, 1.54) is 12.1 Å². The van der Waals surface area contributed by atoms with E-state index >= 15 is 0 Å². The van der Waals surface area contributed by atoms with E-state index in [1.54, 1.807) is 26.4 Å². The van der Waals surface area contributed by atoms with Crippen LogP contribution in [0.15, 0.2) is 60.7 Å². The van der Waals surface area contributed by atoms with Crippen LogP contribution in [0.5, 0.6) is 17.2 Å². The highest BCUT2D eigenvalue weighted by molar-refractivity contribution is 7.80. The molecule has 8 heteroatoms. The fourth-order valence-corrected chi connectivity index (χ4v) is 4.42. The minimum Gasteiger partial charge on any atom is -0.493 e. The number of thiocarbonyl (C=S) groups is 1. The number of para-hydroxylation sites is 1. The predicted octanol–water partition coefficient (Wildman–Crippen LogP) is 5.87. The highest BCUT2D eigenvalue weighted by atomic mass is 35.5. The lowest BCUT2D eigenvalue weighted by atomic mass is 9.92. The van der Waals surface area contributed by atoms with Gasteiger partial charge in [0.15, 0.2) is 16.6 Å². The van der Waals surface area contributed by atoms with Gasteiger partial charge < -0.3 is 24.4 Å². The van der Waals surface area contributed by atoms with Gasteiger partial charge in [0.05, 0.1) is 31.0 Å². The number of methoxy groups -OCH3 is 2. The minimum atomic E-state index is -0.311. The standard InChI is InChI=1S/C25H24ClFN2O3S/c1-30-23-13-16-11-12-29(25(33)28-21-6-4-3-5-20(21)26)22(19(16)14-24(23)31-2)15-32-18-9-7-17(27)8-10-18/h3-10,13-14,22H,11-12,15H2,1-2H3,(H,28,33)/t22-/m1/s1. The Morgan fingerprint density at radius 1 is 1.09 bits per heavy atom. The smallest absolute Gasteiger partial charge is 0.174 e. The molecule has 1 heterocycles. The van der Waals surface area contributed by atoms with Gasteiger partial charge in [0.2, 0.25) is 0 Å². The van der Waals surface area contributed by atoms with Crippen molar-refractivity contribution in [3.63, 3.8) is 0 Å². The Morgan fingerprint density at radius 2 is 1.79 bits per heavy atom. The average molecular weight is 487 g/mol. The highest BCUT2D eigenvalue weighted by Crippen LogP contribution is 2.39. The van der Waals surface area contributed by atoms with Gasteiger partial charge in [-0.15, -0.1) is 0 Å². The number of ether oxygens (including phenoxy) is 3. The molecule has 1 aliphatic rings. The first-order valence-corrected chi connectivity index (χ1v) is 11.2. The molecule has 1 aliphatic heterocycles. The summed E-state index contributed by atoms with van der Waals surface area (Å²) in [6.07, 6.45) is 0.771. The monoisotopic (exact) mass is 486 g/mol. The number of nitrogens with zero attached hydrogens (tertiary/aromatic N) is 1. The van der Waals surface area contributed by atoms with Crippen molar-refractivity contribution in [3.05, 3.63) is 82.6 Å². The lowest BCUT2D eigenvalue weighted by Gasteiger charge is -2.39. The number of fused-ring (bicyclic) bond motifs is 1. The molecular formula is C25H24ClFN2O3S. The summed E-state index contributed by atoms with van der Waals surface area (Å²) in [4.78, 5) is 2.08. The molecule has 4 rings (SSSR count). The first-order chi connectivity index (χ1) is 16.0. The summed E-state index contributed by atoms with van der Waals surface area (Å²) in [5, 5.41) is 4.39. The Balaban J connectivity index is 1.65. The molecule has 0 radical (unpaired) electrons. The summed E-state index contributed by atoms with van der Waals surface area (Å²) in [5.41, 5.74) is 2.90. The summed E-state index contributed by atoms with van der Waals surface area (Å²) in [6, 6.07) is 17.2. The van der Waals surface area contributed by atoms with E-state index in [2.05, 4.69) is 10.2 Å². The maximum absolute atomic E-state index is 13.3. The summed E-state index contributed by atoms with van der Waals surface area (Å²) in [7, 11) is 3.23. The van der Waals surface area contributed by atoms with Crippen molar-refractivity contribution in [2.45, 2.75) is 12.5 Å². The first-order valence-electron chi connectivity index (χ1n) is 10.5. The first kappa shape index (κ1) is 23.1. The zero-order chi connectivity index (χ0) is 23.4.